The lowest BCUT2D eigenvalue weighted by molar-refractivity contribution is -0.136. The molecule has 11 heteroatoms. The quantitative estimate of drug-likeness (QED) is 0.460. The number of nitrogens with zero attached hydrogens (tertiary/aromatic N) is 3. The molecule has 6 nitrogen and oxygen atoms in total. The smallest absolute Gasteiger partial charge is 0.418 e. The van der Waals surface area contributed by atoms with Crippen molar-refractivity contribution in [2.75, 3.05) is 25.0 Å². The summed E-state index contributed by atoms with van der Waals surface area (Å²) in [5, 5.41) is 3.79. The minimum absolute atomic E-state index is 0.00867. The summed E-state index contributed by atoms with van der Waals surface area (Å²) in [7, 11) is 1.41. The molecule has 0 aromatic carbocycles. The molecule has 32 heavy (non-hydrogen) atoms. The van der Waals surface area contributed by atoms with Crippen LogP contribution in [0.5, 0.6) is 5.88 Å². The van der Waals surface area contributed by atoms with Crippen LogP contribution in [0.2, 0.25) is 0 Å². The maximum absolute atomic E-state index is 13.6. The van der Waals surface area contributed by atoms with Crippen LogP contribution < -0.4 is 15.0 Å². The Labute approximate surface area is 184 Å². The Balaban J connectivity index is 1.32. The Morgan fingerprint density at radius 3 is 2.69 bits per heavy atom. The van der Waals surface area contributed by atoms with Crippen molar-refractivity contribution in [3.05, 3.63) is 46.7 Å². The molecule has 1 N–H and O–H groups in total. The monoisotopic (exact) mass is 466 g/mol. The predicted molar refractivity (Wildman–Crippen MR) is 111 cm³/mol. The summed E-state index contributed by atoms with van der Waals surface area (Å²) in [6, 6.07) is 5.54. The highest BCUT2D eigenvalue weighted by atomic mass is 32.1. The third-order valence-electron chi connectivity index (χ3n) is 5.96. The number of halogens is 4. The number of nitrogens with one attached hydrogen (secondary N) is 1. The van der Waals surface area contributed by atoms with Gasteiger partial charge in [-0.1, -0.05) is 6.07 Å². The maximum Gasteiger partial charge on any atom is 0.418 e. The number of amides is 1. The molecule has 1 saturated heterocycles. The predicted octanol–water partition coefficient (Wildman–Crippen LogP) is 4.26. The molecule has 0 bridgehead atoms. The van der Waals surface area contributed by atoms with Gasteiger partial charge in [-0.3, -0.25) is 4.79 Å². The number of rotatable bonds is 4. The van der Waals surface area contributed by atoms with Crippen molar-refractivity contribution in [1.29, 1.82) is 0 Å². The Morgan fingerprint density at radius 1 is 1.28 bits per heavy atom. The van der Waals surface area contributed by atoms with Gasteiger partial charge in [0.15, 0.2) is 0 Å². The molecule has 0 unspecified atom stereocenters. The number of anilines is 1. The lowest BCUT2D eigenvalue weighted by atomic mass is 9.62. The first-order valence-corrected chi connectivity index (χ1v) is 10.8. The van der Waals surface area contributed by atoms with Crippen LogP contribution in [0.4, 0.5) is 23.4 Å². The number of pyridine rings is 2. The molecule has 1 saturated carbocycles. The van der Waals surface area contributed by atoms with Crippen molar-refractivity contribution in [3.8, 4) is 5.88 Å². The van der Waals surface area contributed by atoms with E-state index in [0.29, 0.717) is 31.7 Å². The Morgan fingerprint density at radius 2 is 2.03 bits per heavy atom. The molecule has 5 rings (SSSR count). The Kier molecular flexibility index (Phi) is 4.77. The van der Waals surface area contributed by atoms with Gasteiger partial charge in [-0.05, 0) is 25.0 Å². The summed E-state index contributed by atoms with van der Waals surface area (Å²) in [4.78, 5) is 22.1. The summed E-state index contributed by atoms with van der Waals surface area (Å²) in [6.45, 7) is 1.38. The standard InChI is InChI=1S/C21H18F4N4O2S/c1-26-19(30)12-8-32-18-13(21(23,24)25)5-16(28-17(12)18)31-11-6-20(7-11)9-29(10-20)15-4-2-3-14(22)27-15/h2-5,8,11H,6-7,9-10H2,1H3,(H,26,30). The van der Waals surface area contributed by atoms with Crippen molar-refractivity contribution in [3.63, 3.8) is 0 Å². The first-order chi connectivity index (χ1) is 15.2. The van der Waals surface area contributed by atoms with Crippen LogP contribution in [0.25, 0.3) is 10.2 Å². The largest absolute Gasteiger partial charge is 0.474 e. The lowest BCUT2D eigenvalue weighted by Gasteiger charge is -2.58. The van der Waals surface area contributed by atoms with E-state index >= 15 is 0 Å². The normalized spacial score (nSPS) is 17.8. The molecule has 3 aromatic rings. The van der Waals surface area contributed by atoms with Crippen LogP contribution in [-0.2, 0) is 6.18 Å². The van der Waals surface area contributed by atoms with Gasteiger partial charge < -0.3 is 15.0 Å². The van der Waals surface area contributed by atoms with Gasteiger partial charge in [0.25, 0.3) is 5.91 Å². The number of ether oxygens (including phenoxy) is 1. The minimum atomic E-state index is -4.60. The van der Waals surface area contributed by atoms with Gasteiger partial charge in [-0.25, -0.2) is 9.97 Å². The molecule has 4 heterocycles. The van der Waals surface area contributed by atoms with Crippen molar-refractivity contribution >= 4 is 33.3 Å². The Bertz CT molecular complexity index is 1200. The fourth-order valence-corrected chi connectivity index (χ4v) is 5.49. The number of fused-ring (bicyclic) bond motifs is 1. The highest BCUT2D eigenvalue weighted by molar-refractivity contribution is 7.17. The number of carbonyl (C=O) groups is 1. The molecule has 168 valence electrons. The van der Waals surface area contributed by atoms with Crippen molar-refractivity contribution in [2.45, 2.75) is 25.1 Å². The molecule has 0 atom stereocenters. The van der Waals surface area contributed by atoms with Gasteiger partial charge in [0, 0.05) is 37.0 Å². The number of thiophene rings is 1. The van der Waals surface area contributed by atoms with Gasteiger partial charge in [-0.15, -0.1) is 11.3 Å². The van der Waals surface area contributed by atoms with Crippen LogP contribution in [0.15, 0.2) is 29.6 Å². The van der Waals surface area contributed by atoms with E-state index in [1.807, 2.05) is 4.90 Å². The van der Waals surface area contributed by atoms with Gasteiger partial charge in [-0.2, -0.15) is 17.6 Å². The highest BCUT2D eigenvalue weighted by Gasteiger charge is 2.54. The number of carbonyl (C=O) groups excluding carboxylic acids is 1. The zero-order valence-corrected chi connectivity index (χ0v) is 17.7. The Hall–Kier alpha value is -2.95. The van der Waals surface area contributed by atoms with Crippen LogP contribution in [0.1, 0.15) is 28.8 Å². The average Bonchev–Trinajstić information content (AvgIpc) is 3.10. The van der Waals surface area contributed by atoms with Crippen LogP contribution in [0.3, 0.4) is 0 Å². The van der Waals surface area contributed by atoms with E-state index < -0.39 is 23.6 Å². The molecule has 1 amide bonds. The second-order valence-electron chi connectivity index (χ2n) is 8.23. The lowest BCUT2D eigenvalue weighted by Crippen LogP contribution is -2.65. The fraction of sp³-hybridized carbons (Fsp3) is 0.381. The number of aromatic nitrogens is 2. The van der Waals surface area contributed by atoms with Crippen molar-refractivity contribution in [1.82, 2.24) is 15.3 Å². The van der Waals surface area contributed by atoms with Crippen molar-refractivity contribution in [2.24, 2.45) is 5.41 Å². The second kappa shape index (κ2) is 7.29. The third kappa shape index (κ3) is 3.54. The van der Waals surface area contributed by atoms with E-state index in [9.17, 15) is 22.4 Å². The van der Waals surface area contributed by atoms with E-state index in [-0.39, 0.29) is 33.2 Å². The van der Waals surface area contributed by atoms with E-state index in [2.05, 4.69) is 15.3 Å². The molecule has 1 aliphatic heterocycles. The molecule has 1 aliphatic carbocycles. The van der Waals surface area contributed by atoms with Crippen LogP contribution in [0, 0.1) is 11.4 Å². The average molecular weight is 466 g/mol. The highest BCUT2D eigenvalue weighted by Crippen LogP contribution is 2.51. The van der Waals surface area contributed by atoms with E-state index in [1.165, 1.54) is 18.5 Å². The van der Waals surface area contributed by atoms with E-state index in [0.717, 1.165) is 17.4 Å². The topological polar surface area (TPSA) is 67.3 Å². The number of alkyl halides is 3. The van der Waals surface area contributed by atoms with Crippen LogP contribution >= 0.6 is 11.3 Å². The second-order valence-corrected chi connectivity index (χ2v) is 9.11. The third-order valence-corrected chi connectivity index (χ3v) is 6.96. The molecule has 2 fully saturated rings. The first-order valence-electron chi connectivity index (χ1n) is 9.93. The number of hydrogen-bond donors (Lipinski definition) is 1. The molecule has 3 aromatic heterocycles. The summed E-state index contributed by atoms with van der Waals surface area (Å²) in [5.41, 5.74) is -0.796. The summed E-state index contributed by atoms with van der Waals surface area (Å²) in [5.74, 6) is -0.612. The maximum atomic E-state index is 13.6. The zero-order chi connectivity index (χ0) is 22.7. The van der Waals surface area contributed by atoms with Crippen molar-refractivity contribution < 1.29 is 27.1 Å². The fourth-order valence-electron chi connectivity index (χ4n) is 4.47. The SMILES string of the molecule is CNC(=O)c1csc2c(C(F)(F)F)cc(OC3CC4(C3)CN(c3cccc(F)n3)C4)nc12. The van der Waals surface area contributed by atoms with Gasteiger partial charge in [0.05, 0.1) is 21.3 Å². The van der Waals surface area contributed by atoms with Gasteiger partial charge in [0.2, 0.25) is 11.8 Å². The summed E-state index contributed by atoms with van der Waals surface area (Å²) >= 11 is 0.833. The van der Waals surface area contributed by atoms with Gasteiger partial charge in [0.1, 0.15) is 11.9 Å². The summed E-state index contributed by atoms with van der Waals surface area (Å²) in [6.07, 6.45) is -3.56. The number of hydrogen-bond acceptors (Lipinski definition) is 6. The minimum Gasteiger partial charge on any atom is -0.474 e. The zero-order valence-electron chi connectivity index (χ0n) is 16.9. The molecule has 1 spiro atoms. The molecular formula is C21H18F4N4O2S. The van der Waals surface area contributed by atoms with E-state index in [1.54, 1.807) is 12.1 Å². The molecule has 2 aliphatic rings. The first kappa shape index (κ1) is 20.9. The molecule has 0 radical (unpaired) electrons. The van der Waals surface area contributed by atoms with E-state index in [4.69, 9.17) is 4.74 Å². The van der Waals surface area contributed by atoms with Crippen LogP contribution in [-0.4, -0.2) is 42.1 Å². The summed E-state index contributed by atoms with van der Waals surface area (Å²) < 4.78 is 59.9. The van der Waals surface area contributed by atoms with Gasteiger partial charge >= 0.3 is 6.18 Å². The molecular weight excluding hydrogens is 448 g/mol.